The van der Waals surface area contributed by atoms with Crippen LogP contribution in [0.15, 0.2) is 35.8 Å². The lowest BCUT2D eigenvalue weighted by Crippen LogP contribution is -2.54. The van der Waals surface area contributed by atoms with Gasteiger partial charge in [-0.1, -0.05) is 19.3 Å². The van der Waals surface area contributed by atoms with Crippen LogP contribution in [-0.4, -0.2) is 103 Å². The molecule has 13 heteroatoms. The van der Waals surface area contributed by atoms with Gasteiger partial charge >= 0.3 is 0 Å². The third-order valence-electron chi connectivity index (χ3n) is 10.5. The third-order valence-corrected chi connectivity index (χ3v) is 10.5. The number of piperidine rings is 2. The summed E-state index contributed by atoms with van der Waals surface area (Å²) in [7, 11) is 0. The van der Waals surface area contributed by atoms with Crippen LogP contribution in [0.1, 0.15) is 79.3 Å². The van der Waals surface area contributed by atoms with Gasteiger partial charge in [-0.05, 0) is 87.3 Å². The van der Waals surface area contributed by atoms with Crippen LogP contribution in [0, 0.1) is 19.8 Å². The van der Waals surface area contributed by atoms with Crippen LogP contribution in [-0.2, 0) is 19.2 Å². The van der Waals surface area contributed by atoms with Crippen molar-refractivity contribution < 1.29 is 24.0 Å². The summed E-state index contributed by atoms with van der Waals surface area (Å²) in [5.74, 6) is -0.576. The zero-order chi connectivity index (χ0) is 35.1. The Labute approximate surface area is 289 Å². The molecule has 1 aromatic rings. The minimum absolute atomic E-state index is 0.0818. The Balaban J connectivity index is 1.08. The third kappa shape index (κ3) is 9.00. The van der Waals surface area contributed by atoms with Crippen molar-refractivity contribution in [2.75, 3.05) is 50.7 Å². The van der Waals surface area contributed by atoms with Gasteiger partial charge in [0, 0.05) is 69.5 Å². The molecule has 1 aromatic carbocycles. The molecule has 0 bridgehead atoms. The van der Waals surface area contributed by atoms with Crippen molar-refractivity contribution in [1.29, 1.82) is 0 Å². The first-order valence-electron chi connectivity index (χ1n) is 17.7. The zero-order valence-electron chi connectivity index (χ0n) is 28.9. The Morgan fingerprint density at radius 1 is 0.918 bits per heavy atom. The predicted octanol–water partition coefficient (Wildman–Crippen LogP) is 1.63. The minimum atomic E-state index is -0.997. The molecule has 4 fully saturated rings. The average molecular weight is 677 g/mol. The number of anilines is 1. The summed E-state index contributed by atoms with van der Waals surface area (Å²) in [6.07, 6.45) is 11.6. The van der Waals surface area contributed by atoms with Gasteiger partial charge in [0.05, 0.1) is 11.5 Å². The van der Waals surface area contributed by atoms with Gasteiger partial charge in [-0.3, -0.25) is 39.1 Å². The number of likely N-dealkylation sites (tertiary alicyclic amines) is 1. The van der Waals surface area contributed by atoms with E-state index in [1.165, 1.54) is 6.42 Å². The predicted molar refractivity (Wildman–Crippen MR) is 187 cm³/mol. The largest absolute Gasteiger partial charge is 0.394 e. The Bertz CT molecular complexity index is 1470. The van der Waals surface area contributed by atoms with Crippen molar-refractivity contribution in [3.05, 3.63) is 52.5 Å². The fourth-order valence-corrected chi connectivity index (χ4v) is 7.50. The number of rotatable bonds is 10. The number of piperazine rings is 1. The number of amides is 5. The summed E-state index contributed by atoms with van der Waals surface area (Å²) in [5.41, 5.74) is 15.7. The topological polar surface area (TPSA) is 174 Å². The first kappa shape index (κ1) is 35.9. The van der Waals surface area contributed by atoms with Crippen LogP contribution in [0.25, 0.3) is 0 Å². The summed E-state index contributed by atoms with van der Waals surface area (Å²) < 4.78 is 0. The van der Waals surface area contributed by atoms with E-state index in [2.05, 4.69) is 25.3 Å². The zero-order valence-corrected chi connectivity index (χ0v) is 28.9. The van der Waals surface area contributed by atoms with Crippen LogP contribution in [0.5, 0.6) is 0 Å². The number of benzene rings is 1. The smallest absolute Gasteiger partial charge is 0.267 e. The molecule has 1 aliphatic carbocycles. The molecular weight excluding hydrogens is 624 g/mol. The lowest BCUT2D eigenvalue weighted by molar-refractivity contribution is -0.139. The molecule has 1 saturated carbocycles. The Kier molecular flexibility index (Phi) is 12.0. The Hall–Kier alpha value is -4.39. The highest BCUT2D eigenvalue weighted by Crippen LogP contribution is 2.28. The van der Waals surface area contributed by atoms with Crippen molar-refractivity contribution in [2.24, 2.45) is 17.4 Å². The molecule has 1 atom stereocenters. The van der Waals surface area contributed by atoms with Gasteiger partial charge in [-0.2, -0.15) is 0 Å². The van der Waals surface area contributed by atoms with Gasteiger partial charge in [-0.25, -0.2) is 0 Å². The van der Waals surface area contributed by atoms with Gasteiger partial charge in [0.2, 0.25) is 18.2 Å². The van der Waals surface area contributed by atoms with E-state index in [1.807, 2.05) is 19.9 Å². The number of nitrogens with zero attached hydrogens (tertiary/aromatic N) is 4. The number of carbonyl (C=O) groups excluding carboxylic acids is 5. The first-order chi connectivity index (χ1) is 23.5. The highest BCUT2D eigenvalue weighted by molar-refractivity contribution is 6.07. The number of aryl methyl sites for hydroxylation is 2. The van der Waals surface area contributed by atoms with Crippen LogP contribution >= 0.6 is 0 Å². The number of imide groups is 2. The van der Waals surface area contributed by atoms with E-state index < -0.39 is 23.8 Å². The van der Waals surface area contributed by atoms with Gasteiger partial charge < -0.3 is 26.6 Å². The minimum Gasteiger partial charge on any atom is -0.394 e. The van der Waals surface area contributed by atoms with E-state index in [9.17, 15) is 24.0 Å². The highest BCUT2D eigenvalue weighted by atomic mass is 16.2. The quantitative estimate of drug-likeness (QED) is 0.123. The molecule has 0 spiro atoms. The monoisotopic (exact) mass is 676 g/mol. The molecule has 5 rings (SSSR count). The second-order valence-corrected chi connectivity index (χ2v) is 14.0. The van der Waals surface area contributed by atoms with Crippen molar-refractivity contribution in [3.63, 3.8) is 0 Å². The maximum absolute atomic E-state index is 13.4. The highest BCUT2D eigenvalue weighted by Gasteiger charge is 2.35. The number of allylic oxidation sites excluding steroid dienone is 2. The fourth-order valence-electron chi connectivity index (χ4n) is 7.50. The summed E-state index contributed by atoms with van der Waals surface area (Å²) in [5, 5.41) is 5.26. The van der Waals surface area contributed by atoms with E-state index >= 15 is 0 Å². The summed E-state index contributed by atoms with van der Waals surface area (Å²) in [4.78, 5) is 69.5. The van der Waals surface area contributed by atoms with Gasteiger partial charge in [0.25, 0.3) is 11.8 Å². The molecule has 3 aliphatic heterocycles. The van der Waals surface area contributed by atoms with Crippen molar-refractivity contribution in [3.8, 4) is 0 Å². The molecule has 1 unspecified atom stereocenters. The molecule has 13 nitrogen and oxygen atoms in total. The van der Waals surface area contributed by atoms with E-state index in [0.29, 0.717) is 23.7 Å². The maximum Gasteiger partial charge on any atom is 0.267 e. The normalized spacial score (nSPS) is 22.1. The number of hydrogen-bond donors (Lipinski definition) is 4. The van der Waals surface area contributed by atoms with Crippen LogP contribution in [0.2, 0.25) is 0 Å². The van der Waals surface area contributed by atoms with Crippen molar-refractivity contribution in [1.82, 2.24) is 25.3 Å². The molecule has 0 radical (unpaired) electrons. The SMILES string of the molecule is Cc1cc(N2CCN(CC3CCN(/C(N)=C/C=C(\N)C(=O)NC4CCCCC4)CC3)CC2)c(C)cc1C(=O)N(C=O)C1CCC(=O)NC1=O. The van der Waals surface area contributed by atoms with Gasteiger partial charge in [-0.15, -0.1) is 0 Å². The Morgan fingerprint density at radius 3 is 2.27 bits per heavy atom. The molecule has 5 amide bonds. The lowest BCUT2D eigenvalue weighted by atomic mass is 9.95. The second-order valence-electron chi connectivity index (χ2n) is 14.0. The second kappa shape index (κ2) is 16.3. The van der Waals surface area contributed by atoms with E-state index in [1.54, 1.807) is 18.2 Å². The lowest BCUT2D eigenvalue weighted by Gasteiger charge is -2.40. The molecular formula is C36H52N8O5. The van der Waals surface area contributed by atoms with Crippen molar-refractivity contribution >= 4 is 35.7 Å². The number of nitrogens with two attached hydrogens (primary N) is 2. The maximum atomic E-state index is 13.4. The molecule has 6 N–H and O–H groups in total. The molecule has 49 heavy (non-hydrogen) atoms. The van der Waals surface area contributed by atoms with Gasteiger partial charge in [0.1, 0.15) is 6.04 Å². The Morgan fingerprint density at radius 2 is 1.61 bits per heavy atom. The molecule has 3 heterocycles. The molecule has 4 aliphatic rings. The van der Waals surface area contributed by atoms with E-state index in [0.717, 1.165) is 106 Å². The molecule has 3 saturated heterocycles. The van der Waals surface area contributed by atoms with Crippen LogP contribution < -0.4 is 27.0 Å². The number of nitrogens with one attached hydrogen (secondary N) is 2. The van der Waals surface area contributed by atoms with E-state index in [-0.39, 0.29) is 30.5 Å². The van der Waals surface area contributed by atoms with E-state index in [4.69, 9.17) is 11.5 Å². The summed E-state index contributed by atoms with van der Waals surface area (Å²) in [6, 6.07) is 3.00. The molecule has 0 aromatic heterocycles. The number of carbonyl (C=O) groups is 5. The first-order valence-corrected chi connectivity index (χ1v) is 17.7. The summed E-state index contributed by atoms with van der Waals surface area (Å²) >= 11 is 0. The average Bonchev–Trinajstić information content (AvgIpc) is 3.10. The standard InChI is InChI=1S/C36H52N8O5/c1-24-21-31(25(2)20-28(24)36(49)44(23-45)30-9-11-33(46)40-35(30)48)42-18-16-41(17-19-42)22-26-12-14-43(15-13-26)32(38)10-8-29(37)34(47)39-27-6-4-3-5-7-27/h8,10,20-21,23,26-27,30H,3-7,9,11-19,22,37-38H2,1-2H3,(H,39,47)(H,40,46,48)/b29-8-,32-10+. The van der Waals surface area contributed by atoms with Gasteiger partial charge in [0.15, 0.2) is 0 Å². The van der Waals surface area contributed by atoms with Crippen LogP contribution in [0.4, 0.5) is 5.69 Å². The molecule has 266 valence electrons. The summed E-state index contributed by atoms with van der Waals surface area (Å²) in [6.45, 7) is 10.2. The number of hydrogen-bond acceptors (Lipinski definition) is 10. The van der Waals surface area contributed by atoms with Crippen LogP contribution in [0.3, 0.4) is 0 Å². The fraction of sp³-hybridized carbons (Fsp3) is 0.583. The van der Waals surface area contributed by atoms with Crippen molar-refractivity contribution in [2.45, 2.75) is 83.7 Å².